The third kappa shape index (κ3) is 11.1. The Bertz CT molecular complexity index is 1050. The number of carbonyl (C=O) groups is 1. The number of aromatic hydroxyl groups is 1. The van der Waals surface area contributed by atoms with Gasteiger partial charge in [-0.05, 0) is 81.5 Å². The van der Waals surface area contributed by atoms with E-state index in [1.54, 1.807) is 18.2 Å². The maximum Gasteiger partial charge on any atom is 0.309 e. The quantitative estimate of drug-likeness (QED) is 0.0848. The molecular weight excluding hydrogens is 530 g/mol. The van der Waals surface area contributed by atoms with Gasteiger partial charge in [-0.1, -0.05) is 83.3 Å². The molecule has 3 rings (SSSR count). The number of aliphatic hydroxyl groups is 3. The van der Waals surface area contributed by atoms with Gasteiger partial charge in [-0.15, -0.1) is 0 Å². The molecule has 1 fully saturated rings. The van der Waals surface area contributed by atoms with Gasteiger partial charge < -0.3 is 30.5 Å². The normalized spacial score (nSPS) is 20.9. The Labute approximate surface area is 252 Å². The van der Waals surface area contributed by atoms with Crippen LogP contribution >= 0.6 is 0 Å². The Hall–Kier alpha value is -2.35. The van der Waals surface area contributed by atoms with Crippen molar-refractivity contribution in [1.29, 1.82) is 0 Å². The number of phenols is 1. The number of nitrogens with one attached hydrogen (secondary N) is 1. The number of aliphatic carboxylic acids is 1. The lowest BCUT2D eigenvalue weighted by atomic mass is 9.81. The van der Waals surface area contributed by atoms with Gasteiger partial charge in [0, 0.05) is 17.0 Å². The van der Waals surface area contributed by atoms with E-state index in [0.29, 0.717) is 25.7 Å². The second kappa shape index (κ2) is 17.7. The van der Waals surface area contributed by atoms with Crippen LogP contribution in [0.2, 0.25) is 0 Å². The van der Waals surface area contributed by atoms with E-state index in [-0.39, 0.29) is 24.2 Å². The van der Waals surface area contributed by atoms with Gasteiger partial charge in [0.25, 0.3) is 0 Å². The summed E-state index contributed by atoms with van der Waals surface area (Å²) >= 11 is 0. The molecule has 0 aliphatic heterocycles. The number of benzene rings is 1. The lowest BCUT2D eigenvalue weighted by Crippen LogP contribution is -2.37. The van der Waals surface area contributed by atoms with Crippen LogP contribution in [0.1, 0.15) is 122 Å². The fourth-order valence-electron chi connectivity index (χ4n) is 6.72. The highest BCUT2D eigenvalue weighted by Crippen LogP contribution is 2.42. The van der Waals surface area contributed by atoms with Gasteiger partial charge in [0.15, 0.2) is 0 Å². The van der Waals surface area contributed by atoms with Crippen molar-refractivity contribution in [2.45, 2.75) is 140 Å². The Kier molecular flexibility index (Phi) is 14.4. The molecule has 0 bridgehead atoms. The van der Waals surface area contributed by atoms with E-state index in [2.05, 4.69) is 11.9 Å². The van der Waals surface area contributed by atoms with Gasteiger partial charge in [-0.3, -0.25) is 4.79 Å². The lowest BCUT2D eigenvalue weighted by Gasteiger charge is -2.32. The molecule has 6 N–H and O–H groups in total. The molecule has 7 heteroatoms. The van der Waals surface area contributed by atoms with Gasteiger partial charge in [0.1, 0.15) is 5.75 Å². The van der Waals surface area contributed by atoms with E-state index >= 15 is 0 Å². The summed E-state index contributed by atoms with van der Waals surface area (Å²) in [5.74, 6) is -1.54. The smallest absolute Gasteiger partial charge is 0.309 e. The third-order valence-electron chi connectivity index (χ3n) is 9.39. The summed E-state index contributed by atoms with van der Waals surface area (Å²) in [6.07, 6.45) is 14.2. The summed E-state index contributed by atoms with van der Waals surface area (Å²) < 4.78 is 0. The first-order chi connectivity index (χ1) is 20.2. The predicted molar refractivity (Wildman–Crippen MR) is 167 cm³/mol. The van der Waals surface area contributed by atoms with E-state index < -0.39 is 23.6 Å². The van der Waals surface area contributed by atoms with Crippen molar-refractivity contribution in [3.63, 3.8) is 0 Å². The summed E-state index contributed by atoms with van der Waals surface area (Å²) in [5.41, 5.74) is 1.91. The first-order valence-electron chi connectivity index (χ1n) is 16.5. The number of hydrogen-bond donors (Lipinski definition) is 6. The highest BCUT2D eigenvalue weighted by molar-refractivity contribution is 5.70. The number of aromatic nitrogens is 1. The third-order valence-corrected chi connectivity index (χ3v) is 9.39. The number of carboxylic acid groups (broad SMARTS) is 1. The topological polar surface area (TPSA) is 134 Å². The van der Waals surface area contributed by atoms with E-state index in [4.69, 9.17) is 0 Å². The van der Waals surface area contributed by atoms with Crippen molar-refractivity contribution < 1.29 is 30.3 Å². The van der Waals surface area contributed by atoms with Crippen LogP contribution in [0.25, 0.3) is 11.3 Å². The first-order valence-corrected chi connectivity index (χ1v) is 16.5. The Morgan fingerprint density at radius 3 is 2.31 bits per heavy atom. The Morgan fingerprint density at radius 2 is 1.64 bits per heavy atom. The first kappa shape index (κ1) is 34.1. The molecule has 236 valence electrons. The molecule has 7 nitrogen and oxygen atoms in total. The molecule has 42 heavy (non-hydrogen) atoms. The van der Waals surface area contributed by atoms with Gasteiger partial charge in [-0.2, -0.15) is 0 Å². The van der Waals surface area contributed by atoms with Crippen molar-refractivity contribution in [2.24, 2.45) is 11.8 Å². The zero-order chi connectivity index (χ0) is 30.4. The van der Waals surface area contributed by atoms with Crippen molar-refractivity contribution in [3.05, 3.63) is 42.1 Å². The molecule has 1 aliphatic carbocycles. The van der Waals surface area contributed by atoms with Gasteiger partial charge >= 0.3 is 5.97 Å². The minimum Gasteiger partial charge on any atom is -0.508 e. The molecule has 0 saturated heterocycles. The number of aromatic amines is 1. The standard InChI is InChI=1S/C35H55NO6/c1-2-3-4-5-8-15-29(37)16-9-6-7-10-18-31(34(40)41)33(39)21-23-35(42)22-12-14-27(35)25-28-19-20-32(36-28)26-13-11-17-30(38)24-26/h11,13,17,19-20,24,27,29,31,33,36-39,42H,2-10,12,14-16,18,21-23,25H2,1H3,(H,40,41). The number of rotatable bonds is 21. The van der Waals surface area contributed by atoms with E-state index in [9.17, 15) is 30.3 Å². The Balaban J connectivity index is 1.38. The average Bonchev–Trinajstić information content (AvgIpc) is 3.58. The zero-order valence-corrected chi connectivity index (χ0v) is 25.6. The van der Waals surface area contributed by atoms with Crippen molar-refractivity contribution in [3.8, 4) is 17.0 Å². The molecule has 1 aromatic heterocycles. The second-order valence-corrected chi connectivity index (χ2v) is 12.7. The molecule has 0 radical (unpaired) electrons. The molecule has 1 heterocycles. The van der Waals surface area contributed by atoms with Crippen molar-refractivity contribution in [2.75, 3.05) is 0 Å². The summed E-state index contributed by atoms with van der Waals surface area (Å²) in [6.45, 7) is 2.20. The van der Waals surface area contributed by atoms with Gasteiger partial charge in [0.05, 0.1) is 23.7 Å². The number of unbranched alkanes of at least 4 members (excludes halogenated alkanes) is 7. The molecule has 0 spiro atoms. The van der Waals surface area contributed by atoms with Crippen LogP contribution in [0, 0.1) is 11.8 Å². The SMILES string of the molecule is CCCCCCCC(O)CCCCCCC(C(=O)O)C(O)CCC1(O)CCCC1Cc1ccc(-c2cccc(O)c2)[nH]1. The van der Waals surface area contributed by atoms with Crippen LogP contribution in [-0.4, -0.2) is 54.3 Å². The van der Waals surface area contributed by atoms with E-state index in [1.165, 1.54) is 25.7 Å². The highest BCUT2D eigenvalue weighted by atomic mass is 16.4. The van der Waals surface area contributed by atoms with Crippen LogP contribution in [0.3, 0.4) is 0 Å². The molecule has 2 aromatic rings. The number of phenolic OH excluding ortho intramolecular Hbond substituents is 1. The van der Waals surface area contributed by atoms with Crippen LogP contribution in [0.5, 0.6) is 5.75 Å². The molecule has 0 amide bonds. The van der Waals surface area contributed by atoms with Crippen LogP contribution < -0.4 is 0 Å². The monoisotopic (exact) mass is 585 g/mol. The zero-order valence-electron chi connectivity index (χ0n) is 25.6. The van der Waals surface area contributed by atoms with E-state index in [1.807, 2.05) is 18.2 Å². The minimum atomic E-state index is -0.981. The van der Waals surface area contributed by atoms with Crippen LogP contribution in [0.15, 0.2) is 36.4 Å². The Morgan fingerprint density at radius 1 is 0.952 bits per heavy atom. The number of carboxylic acids is 1. The van der Waals surface area contributed by atoms with Crippen LogP contribution in [-0.2, 0) is 11.2 Å². The molecule has 5 unspecified atom stereocenters. The van der Waals surface area contributed by atoms with Gasteiger partial charge in [-0.25, -0.2) is 0 Å². The van der Waals surface area contributed by atoms with E-state index in [0.717, 1.165) is 74.7 Å². The molecule has 1 saturated carbocycles. The maximum absolute atomic E-state index is 12.0. The summed E-state index contributed by atoms with van der Waals surface area (Å²) in [7, 11) is 0. The molecule has 5 atom stereocenters. The predicted octanol–water partition coefficient (Wildman–Crippen LogP) is 7.36. The van der Waals surface area contributed by atoms with Gasteiger partial charge in [0.2, 0.25) is 0 Å². The van der Waals surface area contributed by atoms with Crippen LogP contribution in [0.4, 0.5) is 0 Å². The number of H-pyrrole nitrogens is 1. The minimum absolute atomic E-state index is 0.0374. The summed E-state index contributed by atoms with van der Waals surface area (Å²) in [6, 6.07) is 11.1. The fraction of sp³-hybridized carbons (Fsp3) is 0.686. The molecular formula is C35H55NO6. The fourth-order valence-corrected chi connectivity index (χ4v) is 6.72. The maximum atomic E-state index is 12.0. The largest absolute Gasteiger partial charge is 0.508 e. The number of hydrogen-bond acceptors (Lipinski definition) is 5. The second-order valence-electron chi connectivity index (χ2n) is 12.7. The summed E-state index contributed by atoms with van der Waals surface area (Å²) in [5, 5.41) is 52.1. The van der Waals surface area contributed by atoms with Crippen molar-refractivity contribution in [1.82, 2.24) is 4.98 Å². The molecule has 1 aliphatic rings. The molecule has 1 aromatic carbocycles. The highest BCUT2D eigenvalue weighted by Gasteiger charge is 2.41. The lowest BCUT2D eigenvalue weighted by molar-refractivity contribution is -0.146. The number of aliphatic hydroxyl groups excluding tert-OH is 2. The summed E-state index contributed by atoms with van der Waals surface area (Å²) in [4.78, 5) is 15.4. The van der Waals surface area contributed by atoms with Crippen molar-refractivity contribution >= 4 is 5.97 Å². The average molecular weight is 586 g/mol.